The molecule has 10 heteroatoms. The lowest BCUT2D eigenvalue weighted by atomic mass is 9.77. The third-order valence-electron chi connectivity index (χ3n) is 9.74. The van der Waals surface area contributed by atoms with Crippen molar-refractivity contribution < 1.29 is 33.4 Å². The number of hydrogen-bond acceptors (Lipinski definition) is 7. The highest BCUT2D eigenvalue weighted by molar-refractivity contribution is 7.52. The molecule has 2 heterocycles. The Morgan fingerprint density at radius 2 is 1.08 bits per heavy atom. The molecule has 2 aliphatic rings. The van der Waals surface area contributed by atoms with Crippen LogP contribution in [0.4, 0.5) is 0 Å². The molecule has 38 heavy (non-hydrogen) atoms. The number of nitrogens with zero attached hydrogens (tertiary/aromatic N) is 2. The number of piperidine rings is 2. The lowest BCUT2D eigenvalue weighted by Gasteiger charge is -2.54. The van der Waals surface area contributed by atoms with Crippen LogP contribution in [-0.2, 0) is 23.6 Å². The maximum atomic E-state index is 14.0. The molecule has 0 aromatic rings. The maximum Gasteiger partial charge on any atom is 0.330 e. The molecule has 0 spiro atoms. The summed E-state index contributed by atoms with van der Waals surface area (Å²) in [6, 6.07) is 0. The third-order valence-corrected chi connectivity index (χ3v) is 11.4. The van der Waals surface area contributed by atoms with Gasteiger partial charge >= 0.3 is 19.5 Å². The summed E-state index contributed by atoms with van der Waals surface area (Å²) < 4.78 is 24.8. The SMILES string of the molecule is CCC(C(CC)(C(=O)OC1CC(C)(C)N(C)C(C)(C)C1)C(=O)OC1CC(C)(C)N(C)C(C)(C)C1)P(=O)(O)O. The Hall–Kier alpha value is -0.990. The maximum absolute atomic E-state index is 14.0. The molecule has 0 bridgehead atoms. The highest BCUT2D eigenvalue weighted by Crippen LogP contribution is 2.55. The van der Waals surface area contributed by atoms with Crippen molar-refractivity contribution in [3.63, 3.8) is 0 Å². The van der Waals surface area contributed by atoms with Crippen molar-refractivity contribution in [2.75, 3.05) is 14.1 Å². The van der Waals surface area contributed by atoms with Crippen molar-refractivity contribution in [1.82, 2.24) is 9.80 Å². The van der Waals surface area contributed by atoms with Crippen LogP contribution >= 0.6 is 7.60 Å². The average molecular weight is 561 g/mol. The predicted octanol–water partition coefficient (Wildman–Crippen LogP) is 4.73. The van der Waals surface area contributed by atoms with Crippen molar-refractivity contribution in [2.24, 2.45) is 5.41 Å². The van der Waals surface area contributed by atoms with Crippen molar-refractivity contribution in [2.45, 2.75) is 148 Å². The van der Waals surface area contributed by atoms with Crippen LogP contribution in [0.1, 0.15) is 108 Å². The van der Waals surface area contributed by atoms with Gasteiger partial charge in [-0.25, -0.2) is 0 Å². The lowest BCUT2D eigenvalue weighted by molar-refractivity contribution is -0.188. The third kappa shape index (κ3) is 6.33. The predicted molar refractivity (Wildman–Crippen MR) is 149 cm³/mol. The highest BCUT2D eigenvalue weighted by Gasteiger charge is 2.61. The summed E-state index contributed by atoms with van der Waals surface area (Å²) in [5.41, 5.74) is -4.76. The van der Waals surface area contributed by atoms with Crippen LogP contribution in [-0.4, -0.2) is 85.6 Å². The molecule has 2 saturated heterocycles. The zero-order valence-corrected chi connectivity index (χ0v) is 26.6. The first-order chi connectivity index (χ1) is 17.0. The van der Waals surface area contributed by atoms with Crippen LogP contribution in [0.15, 0.2) is 0 Å². The van der Waals surface area contributed by atoms with Crippen LogP contribution in [0.5, 0.6) is 0 Å². The van der Waals surface area contributed by atoms with Gasteiger partial charge in [0.15, 0.2) is 5.41 Å². The number of carbonyl (C=O) groups is 2. The van der Waals surface area contributed by atoms with E-state index in [1.54, 1.807) is 13.8 Å². The van der Waals surface area contributed by atoms with Crippen molar-refractivity contribution in [3.05, 3.63) is 0 Å². The fourth-order valence-electron chi connectivity index (χ4n) is 6.99. The summed E-state index contributed by atoms with van der Waals surface area (Å²) in [5, 5.41) is 0. The van der Waals surface area contributed by atoms with E-state index in [1.165, 1.54) is 0 Å². The Balaban J connectivity index is 2.48. The zero-order valence-electron chi connectivity index (χ0n) is 25.8. The van der Waals surface area contributed by atoms with E-state index in [0.717, 1.165) is 0 Å². The molecule has 0 aromatic carbocycles. The fraction of sp³-hybridized carbons (Fsp3) is 0.929. The van der Waals surface area contributed by atoms with E-state index >= 15 is 0 Å². The molecule has 0 saturated carbocycles. The largest absolute Gasteiger partial charge is 0.461 e. The summed E-state index contributed by atoms with van der Waals surface area (Å²) >= 11 is 0. The summed E-state index contributed by atoms with van der Waals surface area (Å²) in [6.07, 6.45) is 0.949. The fourth-order valence-corrected chi connectivity index (χ4v) is 8.44. The molecule has 0 aromatic heterocycles. The second-order valence-electron chi connectivity index (χ2n) is 14.1. The molecule has 0 amide bonds. The topological polar surface area (TPSA) is 117 Å². The normalized spacial score (nSPS) is 25.5. The van der Waals surface area contributed by atoms with Crippen LogP contribution in [0, 0.1) is 5.41 Å². The number of likely N-dealkylation sites (tertiary alicyclic amines) is 2. The van der Waals surface area contributed by atoms with Gasteiger partial charge in [0, 0.05) is 47.8 Å². The quantitative estimate of drug-likeness (QED) is 0.247. The van der Waals surface area contributed by atoms with Crippen LogP contribution in [0.3, 0.4) is 0 Å². The number of carbonyl (C=O) groups excluding carboxylic acids is 2. The molecule has 1 atom stereocenters. The van der Waals surface area contributed by atoms with Crippen LogP contribution < -0.4 is 0 Å². The Morgan fingerprint density at radius 3 is 1.29 bits per heavy atom. The Labute approximate surface area is 230 Å². The highest BCUT2D eigenvalue weighted by atomic mass is 31.2. The molecule has 222 valence electrons. The smallest absolute Gasteiger partial charge is 0.330 e. The Morgan fingerprint density at radius 1 is 0.789 bits per heavy atom. The van der Waals surface area contributed by atoms with Gasteiger partial charge in [0.25, 0.3) is 0 Å². The molecular formula is C28H53N2O7P. The van der Waals surface area contributed by atoms with Crippen molar-refractivity contribution >= 4 is 19.5 Å². The summed E-state index contributed by atoms with van der Waals surface area (Å²) in [5.74, 6) is -1.79. The molecule has 1 unspecified atom stereocenters. The van der Waals surface area contributed by atoms with Crippen molar-refractivity contribution in [1.29, 1.82) is 0 Å². The molecule has 2 N–H and O–H groups in total. The van der Waals surface area contributed by atoms with E-state index in [0.29, 0.717) is 25.7 Å². The van der Waals surface area contributed by atoms with Crippen molar-refractivity contribution in [3.8, 4) is 0 Å². The molecule has 2 fully saturated rings. The summed E-state index contributed by atoms with van der Waals surface area (Å²) in [4.78, 5) is 53.2. The number of hydrogen-bond donors (Lipinski definition) is 2. The lowest BCUT2D eigenvalue weighted by Crippen LogP contribution is -2.62. The van der Waals surface area contributed by atoms with Gasteiger partial charge in [-0.3, -0.25) is 24.0 Å². The van der Waals surface area contributed by atoms with Gasteiger partial charge in [0.2, 0.25) is 0 Å². The average Bonchev–Trinajstić information content (AvgIpc) is 2.72. The van der Waals surface area contributed by atoms with Gasteiger partial charge in [-0.1, -0.05) is 13.8 Å². The summed E-state index contributed by atoms with van der Waals surface area (Å²) in [6.45, 7) is 19.8. The first-order valence-corrected chi connectivity index (χ1v) is 15.6. The number of rotatable bonds is 8. The number of esters is 2. The zero-order chi connectivity index (χ0) is 29.7. The van der Waals surface area contributed by atoms with E-state index in [1.807, 2.05) is 14.1 Å². The standard InChI is InChI=1S/C28H53N2O7P/c1-13-21(38(33,34)35)28(14-2,22(31)36-19-15-24(3,4)29(11)25(5,6)16-19)23(32)37-20-17-26(7,8)30(12)27(9,10)18-20/h19-21H,13-18H2,1-12H3,(H2,33,34,35). The van der Waals surface area contributed by atoms with Gasteiger partial charge in [-0.05, 0) is 82.3 Å². The minimum atomic E-state index is -4.87. The second-order valence-corrected chi connectivity index (χ2v) is 15.9. The monoisotopic (exact) mass is 560 g/mol. The molecule has 2 rings (SSSR count). The van der Waals surface area contributed by atoms with E-state index in [9.17, 15) is 23.9 Å². The van der Waals surface area contributed by atoms with E-state index in [2.05, 4.69) is 65.2 Å². The summed E-state index contributed by atoms with van der Waals surface area (Å²) in [7, 11) is -0.791. The van der Waals surface area contributed by atoms with Crippen LogP contribution in [0.25, 0.3) is 0 Å². The van der Waals surface area contributed by atoms with Gasteiger partial charge in [0.1, 0.15) is 12.2 Å². The first kappa shape index (κ1) is 33.2. The number of ether oxygens (including phenoxy) is 2. The van der Waals surface area contributed by atoms with Gasteiger partial charge in [0.05, 0.1) is 5.66 Å². The van der Waals surface area contributed by atoms with Crippen LogP contribution in [0.2, 0.25) is 0 Å². The van der Waals surface area contributed by atoms with Gasteiger partial charge in [-0.2, -0.15) is 0 Å². The van der Waals surface area contributed by atoms with E-state index < -0.39 is 42.8 Å². The van der Waals surface area contributed by atoms with E-state index in [4.69, 9.17) is 9.47 Å². The molecule has 0 radical (unpaired) electrons. The minimum absolute atomic E-state index is 0.0723. The Bertz CT molecular complexity index is 847. The molecule has 0 aliphatic carbocycles. The Kier molecular flexibility index (Phi) is 9.42. The molecular weight excluding hydrogens is 507 g/mol. The van der Waals surface area contributed by atoms with Gasteiger partial charge < -0.3 is 19.3 Å². The minimum Gasteiger partial charge on any atom is -0.461 e. The molecule has 9 nitrogen and oxygen atoms in total. The van der Waals surface area contributed by atoms with E-state index in [-0.39, 0.29) is 35.0 Å². The van der Waals surface area contributed by atoms with Gasteiger partial charge in [-0.15, -0.1) is 0 Å². The second kappa shape index (κ2) is 10.8. The molecule has 2 aliphatic heterocycles. The first-order valence-electron chi connectivity index (χ1n) is 13.9.